The average molecular weight is 276 g/mol. The predicted octanol–water partition coefficient (Wildman–Crippen LogP) is 2.91. The highest BCUT2D eigenvalue weighted by Crippen LogP contribution is 2.20. The number of benzene rings is 1. The molecule has 2 rings (SSSR count). The van der Waals surface area contributed by atoms with Crippen LogP contribution in [0.3, 0.4) is 0 Å². The Labute approximate surface area is 116 Å². The van der Waals surface area contributed by atoms with Crippen LogP contribution >= 0.6 is 11.6 Å². The highest BCUT2D eigenvalue weighted by atomic mass is 35.5. The van der Waals surface area contributed by atoms with Gasteiger partial charge in [-0.05, 0) is 36.2 Å². The zero-order valence-electron chi connectivity index (χ0n) is 10.5. The van der Waals surface area contributed by atoms with Crippen molar-refractivity contribution in [2.45, 2.75) is 13.5 Å². The quantitative estimate of drug-likeness (QED) is 0.666. The second kappa shape index (κ2) is 5.71. The Morgan fingerprint density at radius 2 is 2.21 bits per heavy atom. The normalized spacial score (nSPS) is 10.2. The molecule has 0 atom stereocenters. The molecule has 1 heterocycles. The molecule has 0 saturated heterocycles. The second-order valence-corrected chi connectivity index (χ2v) is 4.58. The van der Waals surface area contributed by atoms with Gasteiger partial charge < -0.3 is 10.5 Å². The molecule has 5 heteroatoms. The fourth-order valence-corrected chi connectivity index (χ4v) is 1.96. The van der Waals surface area contributed by atoms with Crippen molar-refractivity contribution < 1.29 is 4.74 Å². The molecule has 1 aromatic carbocycles. The van der Waals surface area contributed by atoms with E-state index < -0.39 is 0 Å². The molecule has 98 valence electrons. The van der Waals surface area contributed by atoms with E-state index in [1.807, 2.05) is 25.1 Å². The summed E-state index contributed by atoms with van der Waals surface area (Å²) in [6.45, 7) is 2.20. The minimum Gasteiger partial charge on any atom is -0.472 e. The Hall–Kier alpha value is -2.07. The summed E-state index contributed by atoms with van der Waals surface area (Å²) >= 11 is 5.91. The summed E-state index contributed by atoms with van der Waals surface area (Å²) < 4.78 is 5.63. The third kappa shape index (κ3) is 3.23. The summed E-state index contributed by atoms with van der Waals surface area (Å²) in [5, 5.41) is 8.23. The first kappa shape index (κ1) is 13.4. The van der Waals surface area contributed by atoms with Crippen molar-refractivity contribution in [3.63, 3.8) is 0 Å². The topological polar surface area (TPSA) is 72.0 Å². The zero-order chi connectivity index (χ0) is 13.8. The molecule has 3 N–H and O–H groups in total. The maximum Gasteiger partial charge on any atom is 0.225 e. The van der Waals surface area contributed by atoms with E-state index in [-0.39, 0.29) is 5.84 Å². The Balaban J connectivity index is 2.20. The molecular weight excluding hydrogens is 262 g/mol. The van der Waals surface area contributed by atoms with Gasteiger partial charge in [0.15, 0.2) is 0 Å². The van der Waals surface area contributed by atoms with Crippen LogP contribution in [0, 0.1) is 12.3 Å². The smallest absolute Gasteiger partial charge is 0.225 e. The number of aryl methyl sites for hydroxylation is 1. The van der Waals surface area contributed by atoms with Crippen molar-refractivity contribution in [1.82, 2.24) is 4.98 Å². The lowest BCUT2D eigenvalue weighted by Gasteiger charge is -2.11. The number of nitrogen functional groups attached to an aromatic ring is 1. The van der Waals surface area contributed by atoms with E-state index in [4.69, 9.17) is 27.5 Å². The highest BCUT2D eigenvalue weighted by Gasteiger charge is 2.11. The van der Waals surface area contributed by atoms with Crippen LogP contribution in [0.15, 0.2) is 36.5 Å². The fourth-order valence-electron chi connectivity index (χ4n) is 1.75. The summed E-state index contributed by atoms with van der Waals surface area (Å²) in [6, 6.07) is 9.19. The van der Waals surface area contributed by atoms with Gasteiger partial charge in [-0.2, -0.15) is 0 Å². The number of hydrogen-bond donors (Lipinski definition) is 2. The van der Waals surface area contributed by atoms with Crippen LogP contribution in [0.5, 0.6) is 5.88 Å². The van der Waals surface area contributed by atoms with Gasteiger partial charge in [0, 0.05) is 11.2 Å². The Morgan fingerprint density at radius 3 is 2.89 bits per heavy atom. The van der Waals surface area contributed by atoms with Gasteiger partial charge in [-0.25, -0.2) is 4.98 Å². The summed E-state index contributed by atoms with van der Waals surface area (Å²) in [5.41, 5.74) is 7.88. The largest absolute Gasteiger partial charge is 0.472 e. The molecular formula is C14H14ClN3O. The number of halogens is 1. The molecule has 4 nitrogen and oxygen atoms in total. The van der Waals surface area contributed by atoms with Crippen molar-refractivity contribution in [1.29, 1.82) is 5.41 Å². The van der Waals surface area contributed by atoms with Crippen LogP contribution < -0.4 is 10.5 Å². The molecule has 0 aliphatic rings. The van der Waals surface area contributed by atoms with E-state index in [0.717, 1.165) is 11.1 Å². The van der Waals surface area contributed by atoms with E-state index in [1.165, 1.54) is 0 Å². The maximum atomic E-state index is 7.57. The summed E-state index contributed by atoms with van der Waals surface area (Å²) in [6.07, 6.45) is 1.63. The van der Waals surface area contributed by atoms with E-state index in [1.54, 1.807) is 18.3 Å². The van der Waals surface area contributed by atoms with Crippen molar-refractivity contribution in [3.8, 4) is 5.88 Å². The summed E-state index contributed by atoms with van der Waals surface area (Å²) in [5.74, 6) is 0.319. The monoisotopic (exact) mass is 275 g/mol. The number of rotatable bonds is 4. The van der Waals surface area contributed by atoms with Gasteiger partial charge in [0.05, 0.1) is 5.56 Å². The first-order valence-corrected chi connectivity index (χ1v) is 6.13. The van der Waals surface area contributed by atoms with E-state index >= 15 is 0 Å². The Bertz CT molecular complexity index is 613. The highest BCUT2D eigenvalue weighted by molar-refractivity contribution is 6.30. The van der Waals surface area contributed by atoms with Crippen LogP contribution in [-0.2, 0) is 6.61 Å². The fraction of sp³-hybridized carbons (Fsp3) is 0.143. The number of nitrogens with one attached hydrogen (secondary N) is 1. The van der Waals surface area contributed by atoms with Gasteiger partial charge in [0.1, 0.15) is 12.4 Å². The number of ether oxygens (including phenoxy) is 1. The third-order valence-corrected chi connectivity index (χ3v) is 2.89. The van der Waals surface area contributed by atoms with Crippen molar-refractivity contribution in [2.24, 2.45) is 5.73 Å². The lowest BCUT2D eigenvalue weighted by molar-refractivity contribution is 0.293. The van der Waals surface area contributed by atoms with Crippen molar-refractivity contribution >= 4 is 17.4 Å². The first-order valence-electron chi connectivity index (χ1n) is 5.75. The predicted molar refractivity (Wildman–Crippen MR) is 75.8 cm³/mol. The molecule has 1 aromatic heterocycles. The van der Waals surface area contributed by atoms with Gasteiger partial charge in [0.2, 0.25) is 5.88 Å². The number of aromatic nitrogens is 1. The number of nitrogens with two attached hydrogens (primary N) is 1. The number of hydrogen-bond acceptors (Lipinski definition) is 3. The van der Waals surface area contributed by atoms with Crippen LogP contribution in [0.2, 0.25) is 5.02 Å². The molecule has 0 aliphatic heterocycles. The molecule has 0 amide bonds. The molecule has 0 bridgehead atoms. The molecule has 19 heavy (non-hydrogen) atoms. The number of amidine groups is 1. The minimum atomic E-state index is -0.0494. The second-order valence-electron chi connectivity index (χ2n) is 4.14. The lowest BCUT2D eigenvalue weighted by Crippen LogP contribution is -2.15. The maximum absolute atomic E-state index is 7.57. The SMILES string of the molecule is Cc1ccnc(OCc2cccc(Cl)c2)c1C(=N)N. The van der Waals surface area contributed by atoms with Crippen LogP contribution in [0.4, 0.5) is 0 Å². The van der Waals surface area contributed by atoms with Crippen molar-refractivity contribution in [3.05, 3.63) is 58.2 Å². The van der Waals surface area contributed by atoms with E-state index in [9.17, 15) is 0 Å². The van der Waals surface area contributed by atoms with Crippen LogP contribution in [0.25, 0.3) is 0 Å². The van der Waals surface area contributed by atoms with Gasteiger partial charge in [-0.3, -0.25) is 5.41 Å². The average Bonchev–Trinajstić information content (AvgIpc) is 2.36. The summed E-state index contributed by atoms with van der Waals surface area (Å²) in [7, 11) is 0. The van der Waals surface area contributed by atoms with Gasteiger partial charge in [-0.1, -0.05) is 23.7 Å². The number of nitrogens with zero attached hydrogens (tertiary/aromatic N) is 1. The standard InChI is InChI=1S/C14H14ClN3O/c1-9-5-6-18-14(12(9)13(16)17)19-8-10-3-2-4-11(15)7-10/h2-7H,8H2,1H3,(H3,16,17). The molecule has 0 unspecified atom stereocenters. The summed E-state index contributed by atoms with van der Waals surface area (Å²) in [4.78, 5) is 4.12. The van der Waals surface area contributed by atoms with E-state index in [0.29, 0.717) is 23.1 Å². The Morgan fingerprint density at radius 1 is 1.42 bits per heavy atom. The van der Waals surface area contributed by atoms with Crippen molar-refractivity contribution in [2.75, 3.05) is 0 Å². The van der Waals surface area contributed by atoms with Gasteiger partial charge in [0.25, 0.3) is 0 Å². The van der Waals surface area contributed by atoms with Gasteiger partial charge in [-0.15, -0.1) is 0 Å². The molecule has 0 fully saturated rings. The minimum absolute atomic E-state index is 0.0494. The van der Waals surface area contributed by atoms with Crippen LogP contribution in [0.1, 0.15) is 16.7 Å². The molecule has 2 aromatic rings. The molecule has 0 saturated carbocycles. The lowest BCUT2D eigenvalue weighted by atomic mass is 10.1. The Kier molecular flexibility index (Phi) is 4.02. The molecule has 0 radical (unpaired) electrons. The first-order chi connectivity index (χ1) is 9.08. The molecule has 0 aliphatic carbocycles. The molecule has 0 spiro atoms. The third-order valence-electron chi connectivity index (χ3n) is 2.66. The number of pyridine rings is 1. The van der Waals surface area contributed by atoms with Gasteiger partial charge >= 0.3 is 0 Å². The van der Waals surface area contributed by atoms with E-state index in [2.05, 4.69) is 4.98 Å². The zero-order valence-corrected chi connectivity index (χ0v) is 11.2. The van der Waals surface area contributed by atoms with Crippen LogP contribution in [-0.4, -0.2) is 10.8 Å².